The van der Waals surface area contributed by atoms with Crippen LogP contribution in [0.15, 0.2) is 16.5 Å². The lowest BCUT2D eigenvalue weighted by Gasteiger charge is -2.18. The van der Waals surface area contributed by atoms with Crippen LogP contribution in [0.4, 0.5) is 4.79 Å². The van der Waals surface area contributed by atoms with Crippen molar-refractivity contribution >= 4 is 12.0 Å². The van der Waals surface area contributed by atoms with Crippen LogP contribution >= 0.6 is 0 Å². The van der Waals surface area contributed by atoms with Crippen LogP contribution in [-0.4, -0.2) is 35.6 Å². The Morgan fingerprint density at radius 1 is 1.45 bits per heavy atom. The molecule has 2 N–H and O–H groups in total. The van der Waals surface area contributed by atoms with Crippen molar-refractivity contribution in [2.75, 3.05) is 13.6 Å². The molecule has 0 fully saturated rings. The number of carboxylic acid groups (broad SMARTS) is 1. The lowest BCUT2D eigenvalue weighted by Crippen LogP contribution is -2.38. The molecule has 1 atom stereocenters. The van der Waals surface area contributed by atoms with Crippen LogP contribution in [0.3, 0.4) is 0 Å². The van der Waals surface area contributed by atoms with Gasteiger partial charge >= 0.3 is 12.0 Å². The van der Waals surface area contributed by atoms with Gasteiger partial charge in [-0.3, -0.25) is 4.79 Å². The van der Waals surface area contributed by atoms with Gasteiger partial charge in [0.25, 0.3) is 0 Å². The average molecular weight is 282 g/mol. The number of carboxylic acids is 1. The smallest absolute Gasteiger partial charge is 0.317 e. The van der Waals surface area contributed by atoms with E-state index >= 15 is 0 Å². The highest BCUT2D eigenvalue weighted by molar-refractivity contribution is 5.73. The predicted octanol–water partition coefficient (Wildman–Crippen LogP) is 2.23. The Labute approximate surface area is 118 Å². The molecule has 0 saturated heterocycles. The molecule has 1 heterocycles. The zero-order valence-electron chi connectivity index (χ0n) is 12.2. The van der Waals surface area contributed by atoms with Crippen molar-refractivity contribution < 1.29 is 19.1 Å². The van der Waals surface area contributed by atoms with E-state index in [-0.39, 0.29) is 18.4 Å². The van der Waals surface area contributed by atoms with Gasteiger partial charge in [-0.15, -0.1) is 0 Å². The average Bonchev–Trinajstić information content (AvgIpc) is 2.78. The quantitative estimate of drug-likeness (QED) is 0.803. The van der Waals surface area contributed by atoms with Gasteiger partial charge < -0.3 is 19.7 Å². The topological polar surface area (TPSA) is 82.8 Å². The molecule has 0 aliphatic carbocycles. The van der Waals surface area contributed by atoms with E-state index in [1.165, 1.54) is 4.90 Å². The number of urea groups is 1. The number of furan rings is 1. The summed E-state index contributed by atoms with van der Waals surface area (Å²) in [6.45, 7) is 4.64. The third-order valence-electron chi connectivity index (χ3n) is 2.99. The first-order valence-electron chi connectivity index (χ1n) is 6.64. The Bertz CT molecular complexity index is 456. The maximum absolute atomic E-state index is 11.9. The molecule has 0 radical (unpaired) electrons. The predicted molar refractivity (Wildman–Crippen MR) is 74.3 cm³/mol. The molecule has 1 aromatic rings. The lowest BCUT2D eigenvalue weighted by molar-refractivity contribution is -0.137. The number of hydrogen-bond donors (Lipinski definition) is 2. The van der Waals surface area contributed by atoms with Gasteiger partial charge in [0.05, 0.1) is 6.54 Å². The monoisotopic (exact) mass is 282 g/mol. The maximum Gasteiger partial charge on any atom is 0.317 e. The Morgan fingerprint density at radius 2 is 2.15 bits per heavy atom. The van der Waals surface area contributed by atoms with Crippen LogP contribution in [0.5, 0.6) is 0 Å². The SMILES string of the molecule is Cc1ccc(CN(C)C(=O)NCC(C)CCC(=O)O)o1. The molecule has 112 valence electrons. The number of aryl methyl sites for hydroxylation is 1. The van der Waals surface area contributed by atoms with Gasteiger partial charge in [0.15, 0.2) is 0 Å². The molecule has 0 spiro atoms. The lowest BCUT2D eigenvalue weighted by atomic mass is 10.1. The minimum absolute atomic E-state index is 0.124. The zero-order chi connectivity index (χ0) is 15.1. The molecular weight excluding hydrogens is 260 g/mol. The van der Waals surface area contributed by atoms with E-state index in [1.54, 1.807) is 7.05 Å². The second kappa shape index (κ2) is 7.57. The molecule has 0 saturated carbocycles. The third kappa shape index (κ3) is 5.77. The highest BCUT2D eigenvalue weighted by atomic mass is 16.4. The summed E-state index contributed by atoms with van der Waals surface area (Å²) >= 11 is 0. The van der Waals surface area contributed by atoms with E-state index in [0.717, 1.165) is 11.5 Å². The van der Waals surface area contributed by atoms with Crippen molar-refractivity contribution in [2.45, 2.75) is 33.2 Å². The molecule has 2 amide bonds. The van der Waals surface area contributed by atoms with Crippen LogP contribution in [0.2, 0.25) is 0 Å². The maximum atomic E-state index is 11.9. The normalized spacial score (nSPS) is 11.9. The van der Waals surface area contributed by atoms with Gasteiger partial charge in [-0.05, 0) is 31.4 Å². The molecule has 1 rings (SSSR count). The van der Waals surface area contributed by atoms with Crippen LogP contribution in [0, 0.1) is 12.8 Å². The van der Waals surface area contributed by atoms with E-state index in [9.17, 15) is 9.59 Å². The van der Waals surface area contributed by atoms with Crippen LogP contribution in [-0.2, 0) is 11.3 Å². The number of carbonyl (C=O) groups is 2. The molecule has 20 heavy (non-hydrogen) atoms. The van der Waals surface area contributed by atoms with E-state index in [0.29, 0.717) is 19.5 Å². The van der Waals surface area contributed by atoms with Gasteiger partial charge in [0.1, 0.15) is 11.5 Å². The van der Waals surface area contributed by atoms with E-state index in [4.69, 9.17) is 9.52 Å². The second-order valence-corrected chi connectivity index (χ2v) is 5.09. The van der Waals surface area contributed by atoms with E-state index in [2.05, 4.69) is 5.32 Å². The zero-order valence-corrected chi connectivity index (χ0v) is 12.2. The Balaban J connectivity index is 2.29. The summed E-state index contributed by atoms with van der Waals surface area (Å²) in [5.74, 6) is 0.873. The van der Waals surface area contributed by atoms with Crippen molar-refractivity contribution in [3.05, 3.63) is 23.7 Å². The molecule has 0 aromatic carbocycles. The summed E-state index contributed by atoms with van der Waals surface area (Å²) in [4.78, 5) is 23.8. The fraction of sp³-hybridized carbons (Fsp3) is 0.571. The summed E-state index contributed by atoms with van der Waals surface area (Å²) < 4.78 is 5.41. The van der Waals surface area contributed by atoms with Crippen molar-refractivity contribution in [1.29, 1.82) is 0 Å². The van der Waals surface area contributed by atoms with E-state index < -0.39 is 5.97 Å². The van der Waals surface area contributed by atoms with Crippen LogP contribution in [0.25, 0.3) is 0 Å². The fourth-order valence-electron chi connectivity index (χ4n) is 1.74. The first-order chi connectivity index (χ1) is 9.38. The van der Waals surface area contributed by atoms with Crippen LogP contribution < -0.4 is 5.32 Å². The molecule has 0 bridgehead atoms. The van der Waals surface area contributed by atoms with Gasteiger partial charge in [-0.2, -0.15) is 0 Å². The van der Waals surface area contributed by atoms with Crippen molar-refractivity contribution in [3.8, 4) is 0 Å². The molecule has 1 aromatic heterocycles. The number of aliphatic carboxylic acids is 1. The first kappa shape index (κ1) is 16.1. The number of nitrogens with one attached hydrogen (secondary N) is 1. The Morgan fingerprint density at radius 3 is 2.70 bits per heavy atom. The highest BCUT2D eigenvalue weighted by Crippen LogP contribution is 2.09. The fourth-order valence-corrected chi connectivity index (χ4v) is 1.74. The number of nitrogens with zero attached hydrogens (tertiary/aromatic N) is 1. The Kier molecular flexibility index (Phi) is 6.09. The largest absolute Gasteiger partial charge is 0.481 e. The van der Waals surface area contributed by atoms with Gasteiger partial charge in [-0.1, -0.05) is 6.92 Å². The van der Waals surface area contributed by atoms with Crippen molar-refractivity contribution in [3.63, 3.8) is 0 Å². The first-order valence-corrected chi connectivity index (χ1v) is 6.64. The van der Waals surface area contributed by atoms with Crippen molar-refractivity contribution in [1.82, 2.24) is 10.2 Å². The second-order valence-electron chi connectivity index (χ2n) is 5.09. The van der Waals surface area contributed by atoms with Gasteiger partial charge in [0, 0.05) is 20.0 Å². The Hall–Kier alpha value is -1.98. The number of carbonyl (C=O) groups excluding carboxylic acids is 1. The van der Waals surface area contributed by atoms with Gasteiger partial charge in [0.2, 0.25) is 0 Å². The molecule has 0 aliphatic heterocycles. The molecule has 1 unspecified atom stereocenters. The minimum atomic E-state index is -0.812. The van der Waals surface area contributed by atoms with Crippen molar-refractivity contribution in [2.24, 2.45) is 5.92 Å². The third-order valence-corrected chi connectivity index (χ3v) is 2.99. The number of hydrogen-bond acceptors (Lipinski definition) is 3. The standard InChI is InChI=1S/C14H22N2O4/c1-10(4-7-13(17)18)8-15-14(19)16(3)9-12-6-5-11(2)20-12/h5-6,10H,4,7-9H2,1-3H3,(H,15,19)(H,17,18). The van der Waals surface area contributed by atoms with Gasteiger partial charge in [-0.25, -0.2) is 4.79 Å². The highest BCUT2D eigenvalue weighted by Gasteiger charge is 2.12. The summed E-state index contributed by atoms with van der Waals surface area (Å²) in [6.07, 6.45) is 0.676. The number of amides is 2. The number of rotatable bonds is 7. The summed E-state index contributed by atoms with van der Waals surface area (Å²) in [5, 5.41) is 11.4. The molecular formula is C14H22N2O4. The summed E-state index contributed by atoms with van der Waals surface area (Å²) in [5.41, 5.74) is 0. The minimum Gasteiger partial charge on any atom is -0.481 e. The summed E-state index contributed by atoms with van der Waals surface area (Å²) in [6, 6.07) is 3.50. The molecule has 6 nitrogen and oxygen atoms in total. The summed E-state index contributed by atoms with van der Waals surface area (Å²) in [7, 11) is 1.69. The molecule has 6 heteroatoms. The van der Waals surface area contributed by atoms with E-state index in [1.807, 2.05) is 26.0 Å². The molecule has 0 aliphatic rings. The van der Waals surface area contributed by atoms with Crippen LogP contribution in [0.1, 0.15) is 31.3 Å².